The van der Waals surface area contributed by atoms with Crippen molar-refractivity contribution < 1.29 is 28.6 Å². The molecule has 0 aliphatic carbocycles. The highest BCUT2D eigenvalue weighted by Gasteiger charge is 2.19. The maximum absolute atomic E-state index is 12.8. The van der Waals surface area contributed by atoms with Gasteiger partial charge in [-0.2, -0.15) is 0 Å². The van der Waals surface area contributed by atoms with E-state index < -0.39 is 6.10 Å². The summed E-state index contributed by atoms with van der Waals surface area (Å²) in [6.45, 7) is 11.3. The molecule has 6 nitrogen and oxygen atoms in total. The van der Waals surface area contributed by atoms with Gasteiger partial charge in [0.15, 0.2) is 6.10 Å². The molecule has 0 radical (unpaired) electrons. The molecule has 0 amide bonds. The van der Waals surface area contributed by atoms with E-state index in [-0.39, 0.29) is 31.1 Å². The van der Waals surface area contributed by atoms with E-state index in [9.17, 15) is 14.4 Å². The molecule has 1 atom stereocenters. The summed E-state index contributed by atoms with van der Waals surface area (Å²) >= 11 is 0. The van der Waals surface area contributed by atoms with Gasteiger partial charge in [0.25, 0.3) is 0 Å². The van der Waals surface area contributed by atoms with E-state index in [2.05, 4.69) is 34.6 Å². The van der Waals surface area contributed by atoms with Gasteiger partial charge in [-0.1, -0.05) is 234 Å². The summed E-state index contributed by atoms with van der Waals surface area (Å²) in [6.07, 6.45) is 42.5. The number of hydrogen-bond donors (Lipinski definition) is 0. The van der Waals surface area contributed by atoms with Crippen LogP contribution in [0.2, 0.25) is 0 Å². The largest absolute Gasteiger partial charge is 0.462 e. The van der Waals surface area contributed by atoms with Crippen molar-refractivity contribution >= 4 is 17.9 Å². The average Bonchev–Trinajstić information content (AvgIpc) is 3.16. The van der Waals surface area contributed by atoms with Gasteiger partial charge in [0, 0.05) is 19.3 Å². The molecule has 0 heterocycles. The molecule has 6 heteroatoms. The van der Waals surface area contributed by atoms with Crippen LogP contribution in [0.3, 0.4) is 0 Å². The van der Waals surface area contributed by atoms with Crippen molar-refractivity contribution in [3.05, 3.63) is 0 Å². The van der Waals surface area contributed by atoms with Gasteiger partial charge >= 0.3 is 17.9 Å². The topological polar surface area (TPSA) is 78.9 Å². The van der Waals surface area contributed by atoms with Gasteiger partial charge in [-0.05, 0) is 31.1 Å². The third-order valence-corrected chi connectivity index (χ3v) is 11.2. The Kier molecular flexibility index (Phi) is 41.8. The van der Waals surface area contributed by atoms with Crippen molar-refractivity contribution in [3.8, 4) is 0 Å². The van der Waals surface area contributed by atoms with Crippen LogP contribution in [0.25, 0.3) is 0 Å². The fourth-order valence-corrected chi connectivity index (χ4v) is 7.46. The first kappa shape index (κ1) is 54.4. The molecule has 0 aliphatic rings. The lowest BCUT2D eigenvalue weighted by atomic mass is 10.0. The summed E-state index contributed by atoms with van der Waals surface area (Å²) in [5, 5.41) is 0. The van der Waals surface area contributed by atoms with Gasteiger partial charge in [0.1, 0.15) is 13.2 Å². The first-order chi connectivity index (χ1) is 27.2. The monoisotopic (exact) mass is 793 g/mol. The van der Waals surface area contributed by atoms with E-state index in [1.54, 1.807) is 0 Å². The summed E-state index contributed by atoms with van der Waals surface area (Å²) in [5.41, 5.74) is 0. The number of unbranched alkanes of at least 4 members (excludes halogenated alkanes) is 29. The van der Waals surface area contributed by atoms with E-state index in [0.29, 0.717) is 19.3 Å². The lowest BCUT2D eigenvalue weighted by Gasteiger charge is -2.18. The second-order valence-electron chi connectivity index (χ2n) is 18.1. The van der Waals surface area contributed by atoms with Crippen molar-refractivity contribution in [3.63, 3.8) is 0 Å². The first-order valence-corrected chi connectivity index (χ1v) is 24.7. The third-order valence-electron chi connectivity index (χ3n) is 11.2. The second-order valence-corrected chi connectivity index (χ2v) is 18.1. The Morgan fingerprint density at radius 2 is 0.589 bits per heavy atom. The van der Waals surface area contributed by atoms with E-state index in [1.807, 2.05) is 0 Å². The predicted octanol–water partition coefficient (Wildman–Crippen LogP) is 15.8. The van der Waals surface area contributed by atoms with Gasteiger partial charge in [-0.25, -0.2) is 0 Å². The number of carbonyl (C=O) groups excluding carboxylic acids is 3. The number of ether oxygens (including phenoxy) is 3. The second kappa shape index (κ2) is 43.0. The smallest absolute Gasteiger partial charge is 0.306 e. The summed E-state index contributed by atoms with van der Waals surface area (Å²) in [4.78, 5) is 37.8. The molecule has 0 spiro atoms. The Hall–Kier alpha value is -1.59. The lowest BCUT2D eigenvalue weighted by Crippen LogP contribution is -2.30. The zero-order valence-electron chi connectivity index (χ0n) is 38.3. The highest BCUT2D eigenvalue weighted by Crippen LogP contribution is 2.17. The van der Waals surface area contributed by atoms with Gasteiger partial charge < -0.3 is 14.2 Å². The molecule has 0 rings (SSSR count). The molecule has 0 aromatic carbocycles. The molecule has 0 aliphatic heterocycles. The Morgan fingerprint density at radius 3 is 0.875 bits per heavy atom. The lowest BCUT2D eigenvalue weighted by molar-refractivity contribution is -0.167. The minimum atomic E-state index is -0.761. The molecule has 0 fully saturated rings. The van der Waals surface area contributed by atoms with Crippen molar-refractivity contribution in [1.29, 1.82) is 0 Å². The van der Waals surface area contributed by atoms with E-state index in [0.717, 1.165) is 69.6 Å². The quantitative estimate of drug-likeness (QED) is 0.0347. The fourth-order valence-electron chi connectivity index (χ4n) is 7.46. The zero-order chi connectivity index (χ0) is 41.2. The highest BCUT2D eigenvalue weighted by molar-refractivity contribution is 5.71. The standard InChI is InChI=1S/C50H96O6/c1-6-7-8-9-10-11-12-13-14-15-16-17-18-19-20-25-32-37-42-50(53)56-47(44-55-49(52)41-36-31-27-26-29-34-39-46(4)5)43-54-48(51)40-35-30-24-22-21-23-28-33-38-45(2)3/h45-47H,6-44H2,1-5H3/t47-/m0/s1. The number of rotatable bonds is 44. The summed E-state index contributed by atoms with van der Waals surface area (Å²) in [6, 6.07) is 0. The van der Waals surface area contributed by atoms with Crippen LogP contribution in [0.5, 0.6) is 0 Å². The van der Waals surface area contributed by atoms with Crippen LogP contribution in [0, 0.1) is 11.8 Å². The van der Waals surface area contributed by atoms with Crippen molar-refractivity contribution in [2.75, 3.05) is 13.2 Å². The van der Waals surface area contributed by atoms with Gasteiger partial charge in [0.2, 0.25) is 0 Å². The maximum atomic E-state index is 12.8. The SMILES string of the molecule is CCCCCCCCCCCCCCCCCCCCC(=O)O[C@@H](COC(=O)CCCCCCCCCCC(C)C)COC(=O)CCCCCCCCC(C)C. The van der Waals surface area contributed by atoms with Crippen molar-refractivity contribution in [1.82, 2.24) is 0 Å². The van der Waals surface area contributed by atoms with Gasteiger partial charge in [-0.3, -0.25) is 14.4 Å². The van der Waals surface area contributed by atoms with Crippen LogP contribution in [0.1, 0.15) is 272 Å². The molecule has 56 heavy (non-hydrogen) atoms. The normalized spacial score (nSPS) is 12.1. The molecule has 0 unspecified atom stereocenters. The molecule has 0 bridgehead atoms. The molecule has 0 saturated heterocycles. The van der Waals surface area contributed by atoms with Crippen LogP contribution < -0.4 is 0 Å². The molecule has 0 N–H and O–H groups in total. The van der Waals surface area contributed by atoms with Crippen LogP contribution in [0.15, 0.2) is 0 Å². The van der Waals surface area contributed by atoms with Crippen molar-refractivity contribution in [2.24, 2.45) is 11.8 Å². The van der Waals surface area contributed by atoms with Crippen LogP contribution in [-0.4, -0.2) is 37.2 Å². The predicted molar refractivity (Wildman–Crippen MR) is 238 cm³/mol. The number of carbonyl (C=O) groups is 3. The van der Waals surface area contributed by atoms with Gasteiger partial charge in [-0.15, -0.1) is 0 Å². The average molecular weight is 793 g/mol. The molecular weight excluding hydrogens is 697 g/mol. The molecule has 0 saturated carbocycles. The highest BCUT2D eigenvalue weighted by atomic mass is 16.6. The molecule has 332 valence electrons. The Bertz CT molecular complexity index is 854. The summed E-state index contributed by atoms with van der Waals surface area (Å²) in [5.74, 6) is 0.701. The van der Waals surface area contributed by atoms with E-state index in [4.69, 9.17) is 14.2 Å². The van der Waals surface area contributed by atoms with Crippen molar-refractivity contribution in [2.45, 2.75) is 278 Å². The molecular formula is C50H96O6. The van der Waals surface area contributed by atoms with Gasteiger partial charge in [0.05, 0.1) is 0 Å². The summed E-state index contributed by atoms with van der Waals surface area (Å²) in [7, 11) is 0. The first-order valence-electron chi connectivity index (χ1n) is 24.7. The van der Waals surface area contributed by atoms with Crippen LogP contribution >= 0.6 is 0 Å². The maximum Gasteiger partial charge on any atom is 0.306 e. The number of esters is 3. The number of hydrogen-bond acceptors (Lipinski definition) is 6. The Morgan fingerprint density at radius 1 is 0.339 bits per heavy atom. The van der Waals surface area contributed by atoms with E-state index in [1.165, 1.54) is 161 Å². The molecule has 0 aromatic rings. The Balaban J connectivity index is 4.25. The van der Waals surface area contributed by atoms with Crippen LogP contribution in [0.4, 0.5) is 0 Å². The van der Waals surface area contributed by atoms with E-state index >= 15 is 0 Å². The minimum absolute atomic E-state index is 0.0657. The summed E-state index contributed by atoms with van der Waals surface area (Å²) < 4.78 is 16.7. The minimum Gasteiger partial charge on any atom is -0.462 e. The third kappa shape index (κ3) is 43.5. The molecule has 0 aromatic heterocycles. The zero-order valence-corrected chi connectivity index (χ0v) is 38.3. The Labute approximate surface area is 348 Å². The van der Waals surface area contributed by atoms with Crippen LogP contribution in [-0.2, 0) is 28.6 Å². The fraction of sp³-hybridized carbons (Fsp3) is 0.940.